The largest absolute Gasteiger partial charge is 0.383 e. The summed E-state index contributed by atoms with van der Waals surface area (Å²) >= 11 is 11.4. The lowest BCUT2D eigenvalue weighted by Gasteiger charge is -2.24. The highest BCUT2D eigenvalue weighted by molar-refractivity contribution is 9.10. The van der Waals surface area contributed by atoms with E-state index in [-0.39, 0.29) is 12.6 Å². The molecule has 0 spiro atoms. The van der Waals surface area contributed by atoms with Crippen LogP contribution in [0.5, 0.6) is 0 Å². The molecule has 9 heteroatoms. The van der Waals surface area contributed by atoms with Crippen molar-refractivity contribution in [2.75, 3.05) is 5.73 Å². The van der Waals surface area contributed by atoms with Crippen molar-refractivity contribution in [3.63, 3.8) is 0 Å². The molecule has 5 nitrogen and oxygen atoms in total. The number of fused-ring (bicyclic) bond motifs is 1. The maximum Gasteiger partial charge on any atom is 0.268 e. The van der Waals surface area contributed by atoms with E-state index in [0.29, 0.717) is 15.8 Å². The Hall–Kier alpha value is -1.56. The van der Waals surface area contributed by atoms with Crippen molar-refractivity contribution in [3.05, 3.63) is 32.1 Å². The Labute approximate surface area is 163 Å². The average molecular weight is 435 g/mol. The third kappa shape index (κ3) is 2.84. The molecule has 1 unspecified atom stereocenters. The van der Waals surface area contributed by atoms with Crippen molar-refractivity contribution >= 4 is 57.0 Å². The standard InChI is InChI=1S/C16H14BBrClN5S/c18-12-13(9-2-1-4-17(6-9)8-20)23-16-11(7-22-24(16)15(12)21)10-3-5-25-14(10)19/h3,5,7,9H,1-2,4,6,21H2. The molecular formula is C16H14BBrClN5S. The molecule has 4 rings (SSSR count). The fourth-order valence-electron chi connectivity index (χ4n) is 3.52. The van der Waals surface area contributed by atoms with E-state index >= 15 is 0 Å². The molecule has 0 amide bonds. The monoisotopic (exact) mass is 433 g/mol. The van der Waals surface area contributed by atoms with Gasteiger partial charge in [-0.05, 0) is 39.7 Å². The van der Waals surface area contributed by atoms with Crippen LogP contribution < -0.4 is 5.73 Å². The lowest BCUT2D eigenvalue weighted by Crippen LogP contribution is -2.21. The molecule has 1 atom stereocenters. The number of nitrogen functional groups attached to an aromatic ring is 1. The second-order valence-electron chi connectivity index (χ2n) is 6.29. The zero-order valence-corrected chi connectivity index (χ0v) is 16.4. The van der Waals surface area contributed by atoms with Crippen molar-refractivity contribution in [2.24, 2.45) is 0 Å². The van der Waals surface area contributed by atoms with E-state index in [2.05, 4.69) is 27.0 Å². The van der Waals surface area contributed by atoms with Crippen LogP contribution in [0.2, 0.25) is 17.0 Å². The number of rotatable bonds is 2. The molecule has 0 aromatic carbocycles. The molecule has 126 valence electrons. The van der Waals surface area contributed by atoms with Gasteiger partial charge in [-0.3, -0.25) is 0 Å². The van der Waals surface area contributed by atoms with Gasteiger partial charge in [-0.2, -0.15) is 9.61 Å². The average Bonchev–Trinajstić information content (AvgIpc) is 3.23. The quantitative estimate of drug-likeness (QED) is 0.582. The van der Waals surface area contributed by atoms with E-state index in [1.165, 1.54) is 11.3 Å². The number of nitrogens with zero attached hydrogens (tertiary/aromatic N) is 4. The van der Waals surface area contributed by atoms with E-state index in [1.807, 2.05) is 11.4 Å². The second-order valence-corrected chi connectivity index (χ2v) is 8.60. The van der Waals surface area contributed by atoms with Crippen LogP contribution in [0, 0.1) is 11.2 Å². The Kier molecular flexibility index (Phi) is 4.48. The number of aromatic nitrogens is 3. The number of anilines is 1. The van der Waals surface area contributed by atoms with E-state index < -0.39 is 0 Å². The van der Waals surface area contributed by atoms with Gasteiger partial charge in [0.1, 0.15) is 10.2 Å². The van der Waals surface area contributed by atoms with Crippen LogP contribution in [0.3, 0.4) is 0 Å². The summed E-state index contributed by atoms with van der Waals surface area (Å²) in [5.74, 6) is 3.15. The first-order valence-electron chi connectivity index (χ1n) is 8.05. The van der Waals surface area contributed by atoms with Crippen LogP contribution in [0.25, 0.3) is 16.8 Å². The molecular weight excluding hydrogens is 420 g/mol. The molecule has 1 saturated heterocycles. The Bertz CT molecular complexity index is 994. The summed E-state index contributed by atoms with van der Waals surface area (Å²) in [7, 11) is 0. The minimum atomic E-state index is 0.0839. The van der Waals surface area contributed by atoms with Gasteiger partial charge in [0, 0.05) is 17.1 Å². The number of hydrogen-bond donors (Lipinski definition) is 1. The van der Waals surface area contributed by atoms with Crippen LogP contribution in [0.1, 0.15) is 24.5 Å². The molecule has 4 heterocycles. The van der Waals surface area contributed by atoms with Crippen molar-refractivity contribution in [2.45, 2.75) is 31.4 Å². The molecule has 1 fully saturated rings. The normalized spacial score (nSPS) is 17.8. The summed E-state index contributed by atoms with van der Waals surface area (Å²) in [5.41, 5.74) is 9.73. The Morgan fingerprint density at radius 2 is 2.32 bits per heavy atom. The van der Waals surface area contributed by atoms with E-state index in [0.717, 1.165) is 46.8 Å². The molecule has 0 aliphatic carbocycles. The first-order valence-corrected chi connectivity index (χ1v) is 10.1. The molecule has 0 bridgehead atoms. The fraction of sp³-hybridized carbons (Fsp3) is 0.312. The molecule has 1 aliphatic rings. The SMILES string of the molecule is N#CB1CCCC(c2nc3c(-c4ccsc4Cl)cnn3c(N)c2Br)C1. The summed E-state index contributed by atoms with van der Waals surface area (Å²) in [6.45, 7) is 0.0839. The van der Waals surface area contributed by atoms with Crippen LogP contribution in [0.15, 0.2) is 22.1 Å². The van der Waals surface area contributed by atoms with Gasteiger partial charge in [-0.15, -0.1) is 11.3 Å². The molecule has 0 saturated carbocycles. The number of thiophene rings is 1. The van der Waals surface area contributed by atoms with Gasteiger partial charge in [0.25, 0.3) is 6.71 Å². The molecule has 25 heavy (non-hydrogen) atoms. The van der Waals surface area contributed by atoms with Gasteiger partial charge in [0.2, 0.25) is 0 Å². The van der Waals surface area contributed by atoms with Crippen LogP contribution in [-0.4, -0.2) is 21.3 Å². The summed E-state index contributed by atoms with van der Waals surface area (Å²) in [4.78, 5) is 4.90. The summed E-state index contributed by atoms with van der Waals surface area (Å²) in [5, 5.41) is 15.6. The van der Waals surface area contributed by atoms with Crippen molar-refractivity contribution in [3.8, 4) is 17.1 Å². The maximum absolute atomic E-state index is 9.28. The maximum atomic E-state index is 9.28. The molecule has 1 aliphatic heterocycles. The van der Waals surface area contributed by atoms with Crippen LogP contribution in [-0.2, 0) is 0 Å². The van der Waals surface area contributed by atoms with Gasteiger partial charge in [-0.25, -0.2) is 10.2 Å². The molecule has 3 aromatic rings. The lowest BCUT2D eigenvalue weighted by atomic mass is 9.41. The van der Waals surface area contributed by atoms with Crippen molar-refractivity contribution < 1.29 is 0 Å². The highest BCUT2D eigenvalue weighted by atomic mass is 79.9. The van der Waals surface area contributed by atoms with Gasteiger partial charge in [-0.1, -0.05) is 30.7 Å². The Morgan fingerprint density at radius 3 is 3.04 bits per heavy atom. The highest BCUT2D eigenvalue weighted by Gasteiger charge is 2.30. The number of nitriles is 1. The first-order chi connectivity index (χ1) is 12.1. The van der Waals surface area contributed by atoms with Crippen LogP contribution in [0.4, 0.5) is 5.82 Å². The van der Waals surface area contributed by atoms with Gasteiger partial charge in [0.05, 0.1) is 16.4 Å². The van der Waals surface area contributed by atoms with E-state index in [9.17, 15) is 5.26 Å². The summed E-state index contributed by atoms with van der Waals surface area (Å²) < 4.78 is 3.12. The zero-order chi connectivity index (χ0) is 17.6. The minimum Gasteiger partial charge on any atom is -0.383 e. The van der Waals surface area contributed by atoms with Gasteiger partial charge >= 0.3 is 0 Å². The topological polar surface area (TPSA) is 80.0 Å². The fourth-order valence-corrected chi connectivity index (χ4v) is 5.04. The van der Waals surface area contributed by atoms with Gasteiger partial charge in [0.15, 0.2) is 5.65 Å². The lowest BCUT2D eigenvalue weighted by molar-refractivity contribution is 0.612. The summed E-state index contributed by atoms with van der Waals surface area (Å²) in [6.07, 6.45) is 5.58. The number of halogens is 2. The predicted molar refractivity (Wildman–Crippen MR) is 106 cm³/mol. The Morgan fingerprint density at radius 1 is 1.48 bits per heavy atom. The zero-order valence-electron chi connectivity index (χ0n) is 13.2. The first kappa shape index (κ1) is 16.9. The minimum absolute atomic E-state index is 0.0839. The third-order valence-electron chi connectivity index (χ3n) is 4.80. The highest BCUT2D eigenvalue weighted by Crippen LogP contribution is 2.40. The number of nitrogens with two attached hydrogens (primary N) is 1. The van der Waals surface area contributed by atoms with Crippen molar-refractivity contribution in [1.82, 2.24) is 14.6 Å². The summed E-state index contributed by atoms with van der Waals surface area (Å²) in [6, 6.07) is 1.97. The Balaban J connectivity index is 1.87. The second kappa shape index (κ2) is 6.63. The smallest absolute Gasteiger partial charge is 0.268 e. The predicted octanol–water partition coefficient (Wildman–Crippen LogP) is 4.89. The van der Waals surface area contributed by atoms with Crippen molar-refractivity contribution in [1.29, 1.82) is 5.26 Å². The number of hydrogen-bond acceptors (Lipinski definition) is 5. The van der Waals surface area contributed by atoms with E-state index in [1.54, 1.807) is 10.7 Å². The molecule has 3 aromatic heterocycles. The van der Waals surface area contributed by atoms with Gasteiger partial charge < -0.3 is 5.73 Å². The van der Waals surface area contributed by atoms with E-state index in [4.69, 9.17) is 22.3 Å². The third-order valence-corrected chi connectivity index (χ3v) is 6.78. The van der Waals surface area contributed by atoms with Crippen LogP contribution >= 0.6 is 38.9 Å². The molecule has 0 radical (unpaired) electrons. The molecule has 2 N–H and O–H groups in total.